The van der Waals surface area contributed by atoms with Crippen LogP contribution < -0.4 is 5.32 Å². The van der Waals surface area contributed by atoms with Crippen LogP contribution in [0.2, 0.25) is 5.02 Å². The summed E-state index contributed by atoms with van der Waals surface area (Å²) in [5.74, 6) is 0. The summed E-state index contributed by atoms with van der Waals surface area (Å²) in [6, 6.07) is 0.205. The molecule has 1 aliphatic heterocycles. The van der Waals surface area contributed by atoms with Crippen LogP contribution in [0, 0.1) is 0 Å². The molecule has 1 fully saturated rings. The van der Waals surface area contributed by atoms with Crippen LogP contribution in [0.3, 0.4) is 0 Å². The van der Waals surface area contributed by atoms with Crippen LogP contribution >= 0.6 is 24.0 Å². The summed E-state index contributed by atoms with van der Waals surface area (Å²) in [5.41, 5.74) is 0. The normalized spacial score (nSPS) is 20.9. The minimum Gasteiger partial charge on any atom is -0.316 e. The first-order valence-electron chi connectivity index (χ1n) is 5.31. The van der Waals surface area contributed by atoms with Crippen LogP contribution in [-0.2, 0) is 17.1 Å². The van der Waals surface area contributed by atoms with E-state index in [0.717, 1.165) is 6.42 Å². The molecule has 1 aliphatic rings. The molecule has 1 unspecified atom stereocenters. The van der Waals surface area contributed by atoms with E-state index in [1.165, 1.54) is 15.2 Å². The molecule has 1 saturated heterocycles. The molecule has 0 spiro atoms. The van der Waals surface area contributed by atoms with Gasteiger partial charge in [0.1, 0.15) is 0 Å². The van der Waals surface area contributed by atoms with Crippen molar-refractivity contribution in [3.8, 4) is 0 Å². The number of nitrogens with zero attached hydrogens (tertiary/aromatic N) is 3. The monoisotopic (exact) mass is 314 g/mol. The van der Waals surface area contributed by atoms with Crippen LogP contribution in [0.1, 0.15) is 6.42 Å². The molecule has 0 saturated carbocycles. The van der Waals surface area contributed by atoms with E-state index >= 15 is 0 Å². The third-order valence-corrected chi connectivity index (χ3v) is 5.36. The lowest BCUT2D eigenvalue weighted by atomic mass is 10.3. The first-order chi connectivity index (χ1) is 7.96. The molecule has 2 heterocycles. The highest BCUT2D eigenvalue weighted by Crippen LogP contribution is 2.26. The van der Waals surface area contributed by atoms with E-state index in [0.29, 0.717) is 13.1 Å². The molecule has 1 aromatic rings. The van der Waals surface area contributed by atoms with Crippen LogP contribution in [0.25, 0.3) is 0 Å². The second kappa shape index (κ2) is 5.75. The van der Waals surface area contributed by atoms with Crippen molar-refractivity contribution in [2.45, 2.75) is 17.5 Å². The fourth-order valence-electron chi connectivity index (χ4n) is 1.99. The Morgan fingerprint density at radius 2 is 2.22 bits per heavy atom. The molecule has 1 N–H and O–H groups in total. The third-order valence-electron chi connectivity index (χ3n) is 2.99. The number of hydrogen-bond acceptors (Lipinski definition) is 4. The van der Waals surface area contributed by atoms with Crippen LogP contribution in [0.4, 0.5) is 0 Å². The summed E-state index contributed by atoms with van der Waals surface area (Å²) in [5, 5.41) is 7.17. The number of rotatable bonds is 3. The zero-order valence-electron chi connectivity index (χ0n) is 10.1. The van der Waals surface area contributed by atoms with Gasteiger partial charge in [-0.05, 0) is 13.5 Å². The summed E-state index contributed by atoms with van der Waals surface area (Å²) in [4.78, 5) is 0. The number of halogens is 2. The highest BCUT2D eigenvalue weighted by atomic mass is 35.5. The molecule has 0 bridgehead atoms. The highest BCUT2D eigenvalue weighted by molar-refractivity contribution is 7.89. The topological polar surface area (TPSA) is 67.2 Å². The molecule has 0 aromatic carbocycles. The number of sulfonamides is 1. The van der Waals surface area contributed by atoms with Crippen molar-refractivity contribution < 1.29 is 8.42 Å². The van der Waals surface area contributed by atoms with Gasteiger partial charge in [-0.25, -0.2) is 8.42 Å². The second-order valence-electron chi connectivity index (χ2n) is 4.06. The summed E-state index contributed by atoms with van der Waals surface area (Å²) >= 11 is 5.87. The van der Waals surface area contributed by atoms with Crippen molar-refractivity contribution in [2.24, 2.45) is 7.05 Å². The zero-order valence-corrected chi connectivity index (χ0v) is 12.5. The predicted molar refractivity (Wildman–Crippen MR) is 71.7 cm³/mol. The van der Waals surface area contributed by atoms with E-state index < -0.39 is 10.0 Å². The maximum Gasteiger partial charge on any atom is 0.261 e. The standard InChI is InChI=1S/C9H15ClN4O2S.ClH/c1-11-7-3-4-14(6-7)17(15,16)9-8(10)5-12-13(9)2;/h5,7,11H,3-4,6H2,1-2H3;1H. The predicted octanol–water partition coefficient (Wildman–Crippen LogP) is 0.478. The molecule has 104 valence electrons. The number of nitrogens with one attached hydrogen (secondary N) is 1. The number of hydrogen-bond donors (Lipinski definition) is 1. The van der Waals surface area contributed by atoms with Gasteiger partial charge < -0.3 is 5.32 Å². The van der Waals surface area contributed by atoms with Gasteiger partial charge >= 0.3 is 0 Å². The molecule has 0 amide bonds. The van der Waals surface area contributed by atoms with E-state index in [-0.39, 0.29) is 28.5 Å². The van der Waals surface area contributed by atoms with Crippen LogP contribution in [0.5, 0.6) is 0 Å². The molecule has 0 radical (unpaired) electrons. The van der Waals surface area contributed by atoms with E-state index in [1.807, 2.05) is 7.05 Å². The summed E-state index contributed by atoms with van der Waals surface area (Å²) in [6.45, 7) is 0.982. The van der Waals surface area contributed by atoms with Crippen molar-refractivity contribution in [3.05, 3.63) is 11.2 Å². The van der Waals surface area contributed by atoms with E-state index in [9.17, 15) is 8.42 Å². The largest absolute Gasteiger partial charge is 0.316 e. The van der Waals surface area contributed by atoms with E-state index in [2.05, 4.69) is 10.4 Å². The number of aromatic nitrogens is 2. The Morgan fingerprint density at radius 1 is 1.56 bits per heavy atom. The lowest BCUT2D eigenvalue weighted by Crippen LogP contribution is -2.34. The van der Waals surface area contributed by atoms with E-state index in [1.54, 1.807) is 7.05 Å². The van der Waals surface area contributed by atoms with Crippen LogP contribution in [-0.4, -0.2) is 48.7 Å². The molecular weight excluding hydrogens is 299 g/mol. The van der Waals surface area contributed by atoms with Gasteiger partial charge in [0, 0.05) is 26.2 Å². The van der Waals surface area contributed by atoms with Gasteiger partial charge in [0.2, 0.25) is 0 Å². The number of likely N-dealkylation sites (N-methyl/N-ethyl adjacent to an activating group) is 1. The second-order valence-corrected chi connectivity index (χ2v) is 6.32. The first-order valence-corrected chi connectivity index (χ1v) is 7.13. The average molecular weight is 315 g/mol. The van der Waals surface area contributed by atoms with Crippen molar-refractivity contribution in [1.82, 2.24) is 19.4 Å². The van der Waals surface area contributed by atoms with Gasteiger partial charge in [-0.1, -0.05) is 11.6 Å². The Kier molecular flexibility index (Phi) is 5.02. The Bertz CT molecular complexity index is 497. The third kappa shape index (κ3) is 2.65. The van der Waals surface area contributed by atoms with Crippen molar-refractivity contribution in [3.63, 3.8) is 0 Å². The smallest absolute Gasteiger partial charge is 0.261 e. The van der Waals surface area contributed by atoms with Crippen molar-refractivity contribution in [2.75, 3.05) is 20.1 Å². The fourth-order valence-corrected chi connectivity index (χ4v) is 4.10. The summed E-state index contributed by atoms with van der Waals surface area (Å²) < 4.78 is 27.4. The lowest BCUT2D eigenvalue weighted by molar-refractivity contribution is 0.456. The zero-order chi connectivity index (χ0) is 12.6. The quantitative estimate of drug-likeness (QED) is 0.881. The lowest BCUT2D eigenvalue weighted by Gasteiger charge is -2.16. The molecule has 1 aromatic heterocycles. The average Bonchev–Trinajstić information content (AvgIpc) is 2.85. The van der Waals surface area contributed by atoms with Crippen molar-refractivity contribution >= 4 is 34.0 Å². The van der Waals surface area contributed by atoms with E-state index in [4.69, 9.17) is 11.6 Å². The molecule has 0 aliphatic carbocycles. The van der Waals surface area contributed by atoms with Gasteiger partial charge in [-0.2, -0.15) is 9.40 Å². The van der Waals surface area contributed by atoms with Gasteiger partial charge in [-0.3, -0.25) is 4.68 Å². The highest BCUT2D eigenvalue weighted by Gasteiger charge is 2.35. The molecule has 6 nitrogen and oxygen atoms in total. The summed E-state index contributed by atoms with van der Waals surface area (Å²) in [7, 11) is -0.133. The first kappa shape index (κ1) is 15.7. The van der Waals surface area contributed by atoms with Gasteiger partial charge in [-0.15, -0.1) is 12.4 Å². The minimum atomic E-state index is -3.54. The maximum atomic E-state index is 12.4. The van der Waals surface area contributed by atoms with Crippen molar-refractivity contribution in [1.29, 1.82) is 0 Å². The van der Waals surface area contributed by atoms with Gasteiger partial charge in [0.15, 0.2) is 5.03 Å². The maximum absolute atomic E-state index is 12.4. The molecular formula is C9H16Cl2N4O2S. The summed E-state index contributed by atoms with van der Waals surface area (Å²) in [6.07, 6.45) is 2.16. The molecule has 9 heteroatoms. The molecule has 1 atom stereocenters. The Balaban J connectivity index is 0.00000162. The molecule has 18 heavy (non-hydrogen) atoms. The SMILES string of the molecule is CNC1CCN(S(=O)(=O)c2c(Cl)cnn2C)C1.Cl. The Morgan fingerprint density at radius 3 is 2.67 bits per heavy atom. The van der Waals surface area contributed by atoms with Gasteiger partial charge in [0.25, 0.3) is 10.0 Å². The van der Waals surface area contributed by atoms with Crippen LogP contribution in [0.15, 0.2) is 11.2 Å². The minimum absolute atomic E-state index is 0. The number of aryl methyl sites for hydroxylation is 1. The van der Waals surface area contributed by atoms with Gasteiger partial charge in [0.05, 0.1) is 11.2 Å². The Labute approximate surface area is 118 Å². The Hall–Kier alpha value is -0.340. The molecule has 2 rings (SSSR count). The fraction of sp³-hybridized carbons (Fsp3) is 0.667.